The molecule has 3 rings (SSSR count). The summed E-state index contributed by atoms with van der Waals surface area (Å²) in [5.41, 5.74) is 1.37. The number of amides is 1. The Morgan fingerprint density at radius 1 is 1.00 bits per heavy atom. The number of anilines is 2. The molecule has 11 nitrogen and oxygen atoms in total. The molecular formula is C23H21N3O8S. The molecule has 0 aliphatic rings. The van der Waals surface area contributed by atoms with Crippen LogP contribution in [0.3, 0.4) is 0 Å². The summed E-state index contributed by atoms with van der Waals surface area (Å²) in [6, 6.07) is 15.5. The molecule has 2 N–H and O–H groups in total. The van der Waals surface area contributed by atoms with E-state index in [2.05, 4.69) is 10.0 Å². The first-order chi connectivity index (χ1) is 16.6. The van der Waals surface area contributed by atoms with Crippen molar-refractivity contribution in [2.75, 3.05) is 23.8 Å². The van der Waals surface area contributed by atoms with Crippen molar-refractivity contribution in [2.45, 2.75) is 11.8 Å². The maximum atomic E-state index is 12.5. The van der Waals surface area contributed by atoms with Gasteiger partial charge in [0.2, 0.25) is 0 Å². The first-order valence-corrected chi connectivity index (χ1v) is 11.6. The molecular weight excluding hydrogens is 478 g/mol. The van der Waals surface area contributed by atoms with Crippen molar-refractivity contribution in [2.24, 2.45) is 0 Å². The highest BCUT2D eigenvalue weighted by atomic mass is 32.2. The predicted molar refractivity (Wildman–Crippen MR) is 127 cm³/mol. The lowest BCUT2D eigenvalue weighted by atomic mass is 10.2. The molecule has 0 heterocycles. The monoisotopic (exact) mass is 499 g/mol. The fraction of sp³-hybridized carbons (Fsp3) is 0.130. The molecule has 0 fully saturated rings. The summed E-state index contributed by atoms with van der Waals surface area (Å²) in [6.07, 6.45) is 0. The molecule has 0 saturated carbocycles. The van der Waals surface area contributed by atoms with Gasteiger partial charge in [0.15, 0.2) is 6.61 Å². The van der Waals surface area contributed by atoms with Gasteiger partial charge in [0, 0.05) is 11.8 Å². The Bertz CT molecular complexity index is 1350. The summed E-state index contributed by atoms with van der Waals surface area (Å²) in [5.74, 6) is -1.48. The van der Waals surface area contributed by atoms with Crippen LogP contribution < -0.4 is 14.8 Å². The fourth-order valence-corrected chi connectivity index (χ4v) is 3.96. The highest BCUT2D eigenvalue weighted by molar-refractivity contribution is 7.92. The average Bonchev–Trinajstić information content (AvgIpc) is 2.84. The summed E-state index contributed by atoms with van der Waals surface area (Å²) in [7, 11) is -2.58. The van der Waals surface area contributed by atoms with Gasteiger partial charge < -0.3 is 14.8 Å². The van der Waals surface area contributed by atoms with Crippen molar-refractivity contribution < 1.29 is 32.4 Å². The van der Waals surface area contributed by atoms with Crippen LogP contribution in [0.5, 0.6) is 5.75 Å². The molecule has 35 heavy (non-hydrogen) atoms. The second-order valence-electron chi connectivity index (χ2n) is 7.26. The molecule has 3 aromatic rings. The Hall–Kier alpha value is -4.45. The van der Waals surface area contributed by atoms with Gasteiger partial charge in [-0.25, -0.2) is 13.2 Å². The number of hydrogen-bond donors (Lipinski definition) is 2. The zero-order valence-electron chi connectivity index (χ0n) is 18.7. The quantitative estimate of drug-likeness (QED) is 0.258. The summed E-state index contributed by atoms with van der Waals surface area (Å²) in [6.45, 7) is 1.24. The van der Waals surface area contributed by atoms with Gasteiger partial charge in [-0.2, -0.15) is 0 Å². The third-order valence-corrected chi connectivity index (χ3v) is 6.11. The van der Waals surface area contributed by atoms with Crippen LogP contribution in [-0.2, 0) is 19.6 Å². The van der Waals surface area contributed by atoms with E-state index in [0.717, 1.165) is 11.6 Å². The van der Waals surface area contributed by atoms with E-state index in [1.807, 2.05) is 6.92 Å². The van der Waals surface area contributed by atoms with Crippen molar-refractivity contribution in [1.82, 2.24) is 0 Å². The number of nitro benzene ring substituents is 1. The number of aryl methyl sites for hydroxylation is 1. The maximum Gasteiger partial charge on any atom is 0.338 e. The number of benzene rings is 3. The first-order valence-electron chi connectivity index (χ1n) is 10.1. The topological polar surface area (TPSA) is 154 Å². The van der Waals surface area contributed by atoms with E-state index in [1.165, 1.54) is 43.5 Å². The minimum Gasteiger partial charge on any atom is -0.494 e. The van der Waals surface area contributed by atoms with Gasteiger partial charge in [0.05, 0.1) is 34.2 Å². The number of carbonyl (C=O) groups excluding carboxylic acids is 2. The number of nitrogens with one attached hydrogen (secondary N) is 2. The average molecular weight is 500 g/mol. The number of nitro groups is 1. The van der Waals surface area contributed by atoms with Crippen LogP contribution >= 0.6 is 0 Å². The minimum absolute atomic E-state index is 0.0417. The molecule has 0 radical (unpaired) electrons. The SMILES string of the molecule is COc1cc([N+](=O)[O-])ccc1NC(=O)COC(=O)c1ccc(S(=O)(=O)Nc2ccc(C)cc2)cc1. The third-order valence-electron chi connectivity index (χ3n) is 4.71. The number of nitrogens with zero attached hydrogens (tertiary/aromatic N) is 1. The predicted octanol–water partition coefficient (Wildman–Crippen LogP) is 3.51. The maximum absolute atomic E-state index is 12.5. The summed E-state index contributed by atoms with van der Waals surface area (Å²) in [5, 5.41) is 13.3. The Balaban J connectivity index is 1.59. The number of methoxy groups -OCH3 is 1. The van der Waals surface area contributed by atoms with Gasteiger partial charge in [-0.1, -0.05) is 17.7 Å². The normalized spacial score (nSPS) is 10.8. The number of ether oxygens (including phenoxy) is 2. The molecule has 0 bridgehead atoms. The van der Waals surface area contributed by atoms with Gasteiger partial charge in [-0.15, -0.1) is 0 Å². The summed E-state index contributed by atoms with van der Waals surface area (Å²) >= 11 is 0. The second kappa shape index (κ2) is 10.7. The molecule has 0 aliphatic heterocycles. The zero-order chi connectivity index (χ0) is 25.6. The molecule has 0 atom stereocenters. The van der Waals surface area contributed by atoms with Crippen LogP contribution in [0.1, 0.15) is 15.9 Å². The molecule has 12 heteroatoms. The number of carbonyl (C=O) groups is 2. The summed E-state index contributed by atoms with van der Waals surface area (Å²) < 4.78 is 37.5. The standard InChI is InChI=1S/C23H21N3O8S/c1-15-3-7-17(8-4-15)25-35(31,32)19-10-5-16(6-11-19)23(28)34-14-22(27)24-20-12-9-18(26(29)30)13-21(20)33-2/h3-13,25H,14H2,1-2H3,(H,24,27). The molecule has 3 aromatic carbocycles. The number of sulfonamides is 1. The van der Waals surface area contributed by atoms with Crippen molar-refractivity contribution in [3.05, 3.63) is 88.0 Å². The van der Waals surface area contributed by atoms with E-state index in [0.29, 0.717) is 5.69 Å². The Morgan fingerprint density at radius 2 is 1.66 bits per heavy atom. The minimum atomic E-state index is -3.86. The van der Waals surface area contributed by atoms with Crippen molar-refractivity contribution in [3.63, 3.8) is 0 Å². The molecule has 1 amide bonds. The lowest BCUT2D eigenvalue weighted by Gasteiger charge is -2.11. The van der Waals surface area contributed by atoms with Crippen molar-refractivity contribution in [3.8, 4) is 5.75 Å². The highest BCUT2D eigenvalue weighted by Gasteiger charge is 2.17. The van der Waals surface area contributed by atoms with E-state index in [9.17, 15) is 28.1 Å². The molecule has 0 aliphatic carbocycles. The zero-order valence-corrected chi connectivity index (χ0v) is 19.5. The number of esters is 1. The van der Waals surface area contributed by atoms with Crippen LogP contribution in [0.4, 0.5) is 17.1 Å². The van der Waals surface area contributed by atoms with Gasteiger partial charge in [-0.05, 0) is 49.4 Å². The van der Waals surface area contributed by atoms with Crippen LogP contribution in [0.25, 0.3) is 0 Å². The fourth-order valence-electron chi connectivity index (χ4n) is 2.90. The Morgan fingerprint density at radius 3 is 2.26 bits per heavy atom. The molecule has 0 saturated heterocycles. The van der Waals surface area contributed by atoms with Crippen LogP contribution in [0.2, 0.25) is 0 Å². The molecule has 0 unspecified atom stereocenters. The van der Waals surface area contributed by atoms with E-state index in [4.69, 9.17) is 9.47 Å². The van der Waals surface area contributed by atoms with Gasteiger partial charge in [-0.3, -0.25) is 19.6 Å². The smallest absolute Gasteiger partial charge is 0.338 e. The number of non-ortho nitro benzene ring substituents is 1. The first kappa shape index (κ1) is 25.2. The highest BCUT2D eigenvalue weighted by Crippen LogP contribution is 2.29. The van der Waals surface area contributed by atoms with E-state index < -0.39 is 33.4 Å². The largest absolute Gasteiger partial charge is 0.494 e. The lowest BCUT2D eigenvalue weighted by molar-refractivity contribution is -0.384. The van der Waals surface area contributed by atoms with Crippen molar-refractivity contribution in [1.29, 1.82) is 0 Å². The van der Waals surface area contributed by atoms with Crippen molar-refractivity contribution >= 4 is 39.0 Å². The molecule has 0 spiro atoms. The Kier molecular flexibility index (Phi) is 7.66. The van der Waals surface area contributed by atoms with Crippen LogP contribution in [0.15, 0.2) is 71.6 Å². The summed E-state index contributed by atoms with van der Waals surface area (Å²) in [4.78, 5) is 34.6. The van der Waals surface area contributed by atoms with Crippen LogP contribution in [-0.4, -0.2) is 38.9 Å². The van der Waals surface area contributed by atoms with E-state index in [-0.39, 0.29) is 27.6 Å². The number of hydrogen-bond acceptors (Lipinski definition) is 8. The second-order valence-corrected chi connectivity index (χ2v) is 8.94. The van der Waals surface area contributed by atoms with Gasteiger partial charge in [0.25, 0.3) is 21.6 Å². The lowest BCUT2D eigenvalue weighted by Crippen LogP contribution is -2.21. The molecule has 182 valence electrons. The van der Waals surface area contributed by atoms with E-state index in [1.54, 1.807) is 24.3 Å². The van der Waals surface area contributed by atoms with Crippen LogP contribution in [0, 0.1) is 17.0 Å². The third kappa shape index (κ3) is 6.54. The molecule has 0 aromatic heterocycles. The number of rotatable bonds is 9. The van der Waals surface area contributed by atoms with Gasteiger partial charge in [0.1, 0.15) is 5.75 Å². The van der Waals surface area contributed by atoms with Gasteiger partial charge >= 0.3 is 5.97 Å². The Labute approximate surface area is 200 Å². The van der Waals surface area contributed by atoms with E-state index >= 15 is 0 Å².